The van der Waals surface area contributed by atoms with Gasteiger partial charge in [-0.2, -0.15) is 0 Å². The van der Waals surface area contributed by atoms with E-state index < -0.39 is 5.12 Å². The molecule has 1 radical (unpaired) electrons. The Bertz CT molecular complexity index is 139. The number of hydrogen-bond donors (Lipinski definition) is 2. The Morgan fingerprint density at radius 2 is 2.30 bits per heavy atom. The Labute approximate surface area is 62.8 Å². The Morgan fingerprint density at radius 3 is 2.70 bits per heavy atom. The van der Waals surface area contributed by atoms with Crippen LogP contribution in [0.1, 0.15) is 0 Å². The van der Waals surface area contributed by atoms with E-state index in [-0.39, 0.29) is 6.54 Å². The molecule has 0 aromatic heterocycles. The maximum Gasteiger partial charge on any atom is 0.312 e. The van der Waals surface area contributed by atoms with Crippen molar-refractivity contribution in [2.45, 2.75) is 5.12 Å². The summed E-state index contributed by atoms with van der Waals surface area (Å²) in [5, 5.41) is 16.2. The maximum absolute atomic E-state index is 10.0. The summed E-state index contributed by atoms with van der Waals surface area (Å²) >= 11 is 1.03. The molecule has 0 aliphatic carbocycles. The molecule has 5 heteroatoms. The van der Waals surface area contributed by atoms with Gasteiger partial charge in [-0.15, -0.1) is 0 Å². The van der Waals surface area contributed by atoms with Crippen molar-refractivity contribution >= 4 is 18.2 Å². The third-order valence-corrected chi connectivity index (χ3v) is 2.20. The molecule has 1 amide bonds. The van der Waals surface area contributed by atoms with Gasteiger partial charge in [0.15, 0.2) is 0 Å². The van der Waals surface area contributed by atoms with E-state index in [0.29, 0.717) is 12.3 Å². The van der Waals surface area contributed by atoms with E-state index in [2.05, 4.69) is 0 Å². The van der Waals surface area contributed by atoms with Gasteiger partial charge in [0.2, 0.25) is 5.12 Å². The smallest absolute Gasteiger partial charge is 0.312 e. The van der Waals surface area contributed by atoms with Crippen LogP contribution in [0.5, 0.6) is 0 Å². The highest BCUT2D eigenvalue weighted by Crippen LogP contribution is 2.23. The van der Waals surface area contributed by atoms with Gasteiger partial charge in [-0.1, -0.05) is 11.8 Å². The molecule has 0 spiro atoms. The minimum Gasteiger partial charge on any atom is -0.356 e. The zero-order valence-electron chi connectivity index (χ0n) is 5.28. The molecule has 0 aromatic carbocycles. The fraction of sp³-hybridized carbons (Fsp3) is 0.800. The van der Waals surface area contributed by atoms with Crippen molar-refractivity contribution in [1.82, 2.24) is 4.90 Å². The molecule has 4 nitrogen and oxygen atoms in total. The third kappa shape index (κ3) is 1.86. The summed E-state index contributed by atoms with van der Waals surface area (Å²) in [5.41, 5.74) is 0. The number of rotatable bonds is 1. The highest BCUT2D eigenvalue weighted by molar-refractivity contribution is 8.00. The minimum absolute atomic E-state index is 0.0544. The van der Waals surface area contributed by atoms with E-state index in [1.807, 2.05) is 0 Å². The van der Waals surface area contributed by atoms with E-state index in [9.17, 15) is 4.79 Å². The van der Waals surface area contributed by atoms with Crippen molar-refractivity contribution in [2.24, 2.45) is 0 Å². The van der Waals surface area contributed by atoms with E-state index in [4.69, 9.17) is 10.2 Å². The standard InChI is InChI=1S/C5H8NO3S/c7-4-6-1-2-10-5(8,9)3-6/h8-9H,1-3H2. The first kappa shape index (κ1) is 7.84. The number of nitrogens with zero attached hydrogens (tertiary/aromatic N) is 1. The van der Waals surface area contributed by atoms with Gasteiger partial charge in [-0.3, -0.25) is 4.79 Å². The quantitative estimate of drug-likeness (QED) is 0.472. The van der Waals surface area contributed by atoms with Crippen LogP contribution in [0, 0.1) is 0 Å². The number of β-amino-alcohol motifs (C(OH)–C–C–N with tert-alkyl or cyclic N) is 2. The summed E-state index contributed by atoms with van der Waals surface area (Å²) in [5.74, 6) is 0.544. The summed E-state index contributed by atoms with van der Waals surface area (Å²) < 4.78 is 0. The van der Waals surface area contributed by atoms with Gasteiger partial charge in [0, 0.05) is 12.3 Å². The Kier molecular flexibility index (Phi) is 2.18. The Morgan fingerprint density at radius 1 is 1.60 bits per heavy atom. The molecule has 2 N–H and O–H groups in total. The molecule has 0 aromatic rings. The number of thioether (sulfide) groups is 1. The van der Waals surface area contributed by atoms with Crippen LogP contribution >= 0.6 is 11.8 Å². The summed E-state index contributed by atoms with van der Waals surface area (Å²) in [6.07, 6.45) is 1.61. The molecule has 1 heterocycles. The number of aliphatic hydroxyl groups is 2. The van der Waals surface area contributed by atoms with E-state index in [0.717, 1.165) is 11.8 Å². The van der Waals surface area contributed by atoms with Crippen molar-refractivity contribution in [3.8, 4) is 0 Å². The summed E-state index contributed by atoms with van der Waals surface area (Å²) in [6, 6.07) is 0. The number of amides is 1. The predicted molar refractivity (Wildman–Crippen MR) is 36.9 cm³/mol. The van der Waals surface area contributed by atoms with Crippen molar-refractivity contribution < 1.29 is 15.0 Å². The molecule has 1 fully saturated rings. The fourth-order valence-corrected chi connectivity index (χ4v) is 1.66. The van der Waals surface area contributed by atoms with Crippen molar-refractivity contribution in [2.75, 3.05) is 18.8 Å². The number of carbonyl (C=O) groups excluding carboxylic acids is 1. The van der Waals surface area contributed by atoms with Crippen molar-refractivity contribution in [1.29, 1.82) is 0 Å². The fourth-order valence-electron chi connectivity index (χ4n) is 0.771. The second kappa shape index (κ2) is 2.77. The van der Waals surface area contributed by atoms with Gasteiger partial charge in [0.25, 0.3) is 0 Å². The molecule has 1 aliphatic rings. The molecular formula is C5H8NO3S. The second-order valence-electron chi connectivity index (χ2n) is 2.10. The van der Waals surface area contributed by atoms with Crippen LogP contribution in [-0.2, 0) is 4.79 Å². The van der Waals surface area contributed by atoms with Crippen LogP contribution < -0.4 is 0 Å². The minimum atomic E-state index is -1.77. The third-order valence-electron chi connectivity index (χ3n) is 1.22. The topological polar surface area (TPSA) is 60.8 Å². The zero-order chi connectivity index (χ0) is 7.61. The average molecular weight is 162 g/mol. The first-order valence-corrected chi connectivity index (χ1v) is 3.84. The summed E-state index contributed by atoms with van der Waals surface area (Å²) in [4.78, 5) is 11.2. The van der Waals surface area contributed by atoms with Crippen LogP contribution in [0.2, 0.25) is 0 Å². The van der Waals surface area contributed by atoms with Gasteiger partial charge in [0.1, 0.15) is 0 Å². The van der Waals surface area contributed by atoms with Crippen LogP contribution in [0.4, 0.5) is 0 Å². The average Bonchev–Trinajstić information content (AvgIpc) is 1.86. The van der Waals surface area contributed by atoms with Gasteiger partial charge in [0.05, 0.1) is 6.54 Å². The van der Waals surface area contributed by atoms with Gasteiger partial charge in [-0.05, 0) is 0 Å². The van der Waals surface area contributed by atoms with Crippen LogP contribution in [0.3, 0.4) is 0 Å². The molecule has 1 saturated heterocycles. The van der Waals surface area contributed by atoms with Gasteiger partial charge >= 0.3 is 6.41 Å². The van der Waals surface area contributed by atoms with E-state index in [1.165, 1.54) is 4.90 Å². The molecule has 10 heavy (non-hydrogen) atoms. The Hall–Kier alpha value is -0.260. The highest BCUT2D eigenvalue weighted by Gasteiger charge is 2.30. The van der Waals surface area contributed by atoms with Crippen LogP contribution in [0.15, 0.2) is 0 Å². The second-order valence-corrected chi connectivity index (χ2v) is 3.46. The van der Waals surface area contributed by atoms with Crippen LogP contribution in [0.25, 0.3) is 0 Å². The lowest BCUT2D eigenvalue weighted by molar-refractivity contribution is -0.0893. The van der Waals surface area contributed by atoms with E-state index in [1.54, 1.807) is 6.41 Å². The predicted octanol–water partition coefficient (Wildman–Crippen LogP) is -1.26. The number of hydrogen-bond acceptors (Lipinski definition) is 4. The van der Waals surface area contributed by atoms with Crippen LogP contribution in [-0.4, -0.2) is 45.5 Å². The van der Waals surface area contributed by atoms with Crippen molar-refractivity contribution in [3.63, 3.8) is 0 Å². The lowest BCUT2D eigenvalue weighted by atomic mass is 10.5. The first-order valence-electron chi connectivity index (χ1n) is 2.85. The lowest BCUT2D eigenvalue weighted by Gasteiger charge is -2.31. The Balaban J connectivity index is 2.47. The summed E-state index contributed by atoms with van der Waals surface area (Å²) in [7, 11) is 0. The maximum atomic E-state index is 10.0. The zero-order valence-corrected chi connectivity index (χ0v) is 6.10. The molecule has 1 rings (SSSR count). The molecule has 0 saturated carbocycles. The molecule has 0 bridgehead atoms. The van der Waals surface area contributed by atoms with Crippen molar-refractivity contribution in [3.05, 3.63) is 0 Å². The molecule has 57 valence electrons. The van der Waals surface area contributed by atoms with Gasteiger partial charge < -0.3 is 15.1 Å². The summed E-state index contributed by atoms with van der Waals surface area (Å²) in [6.45, 7) is 0.484. The van der Waals surface area contributed by atoms with E-state index >= 15 is 0 Å². The molecule has 0 unspecified atom stereocenters. The van der Waals surface area contributed by atoms with Gasteiger partial charge in [-0.25, -0.2) is 0 Å². The SMILES string of the molecule is O=[C]N1CCSC(O)(O)C1. The molecule has 1 aliphatic heterocycles. The highest BCUT2D eigenvalue weighted by atomic mass is 32.2. The normalized spacial score (nSPS) is 24.4. The monoisotopic (exact) mass is 162 g/mol. The largest absolute Gasteiger partial charge is 0.356 e. The molecular weight excluding hydrogens is 154 g/mol. The first-order chi connectivity index (χ1) is 4.64. The lowest BCUT2D eigenvalue weighted by Crippen LogP contribution is -2.45. The molecule has 0 atom stereocenters.